The van der Waals surface area contributed by atoms with Gasteiger partial charge in [0, 0.05) is 31.1 Å². The second kappa shape index (κ2) is 4.30. The van der Waals surface area contributed by atoms with Gasteiger partial charge >= 0.3 is 0 Å². The molecule has 2 atom stereocenters. The highest BCUT2D eigenvalue weighted by atomic mass is 35.5. The van der Waals surface area contributed by atoms with Crippen molar-refractivity contribution in [3.63, 3.8) is 0 Å². The molecule has 0 radical (unpaired) electrons. The van der Waals surface area contributed by atoms with Crippen LogP contribution in [0.3, 0.4) is 0 Å². The Hall–Kier alpha value is -0.280. The van der Waals surface area contributed by atoms with Gasteiger partial charge in [0.05, 0.1) is 0 Å². The summed E-state index contributed by atoms with van der Waals surface area (Å²) in [5.74, 6) is 0.414. The molecule has 0 aromatic heterocycles. The number of carbonyl (C=O) groups is 1. The van der Waals surface area contributed by atoms with Crippen molar-refractivity contribution in [1.29, 1.82) is 0 Å². The van der Waals surface area contributed by atoms with Crippen molar-refractivity contribution >= 4 is 17.5 Å². The molecular weight excluding hydrogens is 214 g/mol. The second-order valence-electron chi connectivity index (χ2n) is 4.80. The van der Waals surface area contributed by atoms with Crippen molar-refractivity contribution < 1.29 is 9.53 Å². The van der Waals surface area contributed by atoms with E-state index in [0.29, 0.717) is 17.3 Å². The Morgan fingerprint density at radius 3 is 2.87 bits per heavy atom. The monoisotopic (exact) mass is 231 g/mol. The van der Waals surface area contributed by atoms with Crippen LogP contribution in [-0.4, -0.2) is 31.0 Å². The Kier molecular flexibility index (Phi) is 3.21. The zero-order chi connectivity index (χ0) is 10.9. The summed E-state index contributed by atoms with van der Waals surface area (Å²) in [5.41, 5.74) is 0.361. The van der Waals surface area contributed by atoms with Crippen LogP contribution in [0.2, 0.25) is 0 Å². The minimum absolute atomic E-state index is 0.0795. The SMILES string of the molecule is CC(CCl)C(=O)NC1CC12CCOCC2. The first-order chi connectivity index (χ1) is 7.18. The van der Waals surface area contributed by atoms with Crippen molar-refractivity contribution in [2.45, 2.75) is 32.2 Å². The summed E-state index contributed by atoms with van der Waals surface area (Å²) in [5, 5.41) is 3.09. The molecule has 1 saturated heterocycles. The summed E-state index contributed by atoms with van der Waals surface area (Å²) in [6.07, 6.45) is 3.30. The summed E-state index contributed by atoms with van der Waals surface area (Å²) in [6.45, 7) is 3.55. The van der Waals surface area contributed by atoms with E-state index in [2.05, 4.69) is 5.32 Å². The molecule has 2 aliphatic rings. The van der Waals surface area contributed by atoms with Gasteiger partial charge in [-0.3, -0.25) is 4.79 Å². The van der Waals surface area contributed by atoms with Crippen molar-refractivity contribution in [3.05, 3.63) is 0 Å². The summed E-state index contributed by atoms with van der Waals surface area (Å²) >= 11 is 5.65. The van der Waals surface area contributed by atoms with E-state index in [1.54, 1.807) is 0 Å². The van der Waals surface area contributed by atoms with E-state index in [-0.39, 0.29) is 11.8 Å². The van der Waals surface area contributed by atoms with Gasteiger partial charge in [-0.15, -0.1) is 11.6 Å². The Morgan fingerprint density at radius 1 is 1.60 bits per heavy atom. The number of nitrogens with one attached hydrogen (secondary N) is 1. The smallest absolute Gasteiger partial charge is 0.224 e. The fraction of sp³-hybridized carbons (Fsp3) is 0.909. The van der Waals surface area contributed by atoms with Gasteiger partial charge in [-0.25, -0.2) is 0 Å². The van der Waals surface area contributed by atoms with Gasteiger partial charge < -0.3 is 10.1 Å². The van der Waals surface area contributed by atoms with E-state index in [1.165, 1.54) is 0 Å². The molecule has 15 heavy (non-hydrogen) atoms. The standard InChI is InChI=1S/C11H18ClNO2/c1-8(7-12)10(14)13-9-6-11(9)2-4-15-5-3-11/h8-9H,2-7H2,1H3,(H,13,14). The van der Waals surface area contributed by atoms with Crippen LogP contribution >= 0.6 is 11.6 Å². The first-order valence-electron chi connectivity index (χ1n) is 5.62. The molecule has 4 heteroatoms. The molecule has 1 saturated carbocycles. The van der Waals surface area contributed by atoms with Crippen molar-refractivity contribution in [2.75, 3.05) is 19.1 Å². The normalized spacial score (nSPS) is 29.9. The maximum absolute atomic E-state index is 11.6. The third-order valence-corrected chi connectivity index (χ3v) is 4.14. The maximum Gasteiger partial charge on any atom is 0.224 e. The fourth-order valence-corrected chi connectivity index (χ4v) is 2.41. The highest BCUT2D eigenvalue weighted by molar-refractivity contribution is 6.19. The topological polar surface area (TPSA) is 38.3 Å². The first-order valence-corrected chi connectivity index (χ1v) is 6.15. The third-order valence-electron chi connectivity index (χ3n) is 3.67. The Bertz CT molecular complexity index is 251. The molecule has 1 aliphatic heterocycles. The highest BCUT2D eigenvalue weighted by Crippen LogP contribution is 2.53. The van der Waals surface area contributed by atoms with Gasteiger partial charge in [0.2, 0.25) is 5.91 Å². The van der Waals surface area contributed by atoms with E-state index in [9.17, 15) is 4.79 Å². The fourth-order valence-electron chi connectivity index (χ4n) is 2.27. The minimum atomic E-state index is -0.0795. The zero-order valence-corrected chi connectivity index (χ0v) is 9.85. The summed E-state index contributed by atoms with van der Waals surface area (Å²) in [6, 6.07) is 0.375. The third kappa shape index (κ3) is 2.28. The first kappa shape index (κ1) is 11.2. The predicted octanol–water partition coefficient (Wildman–Crippen LogP) is 1.55. The Labute approximate surface area is 95.5 Å². The molecule has 1 N–H and O–H groups in total. The number of hydrogen-bond acceptors (Lipinski definition) is 2. The van der Waals surface area contributed by atoms with Gasteiger partial charge in [0.15, 0.2) is 0 Å². The van der Waals surface area contributed by atoms with E-state index >= 15 is 0 Å². The molecule has 2 rings (SSSR count). The summed E-state index contributed by atoms with van der Waals surface area (Å²) in [7, 11) is 0. The number of ether oxygens (including phenoxy) is 1. The van der Waals surface area contributed by atoms with Gasteiger partial charge in [0.25, 0.3) is 0 Å². The van der Waals surface area contributed by atoms with Crippen LogP contribution in [0.5, 0.6) is 0 Å². The molecule has 0 aromatic rings. The molecule has 2 fully saturated rings. The van der Waals surface area contributed by atoms with Gasteiger partial charge in [0.1, 0.15) is 0 Å². The van der Waals surface area contributed by atoms with Crippen molar-refractivity contribution in [1.82, 2.24) is 5.32 Å². The highest BCUT2D eigenvalue weighted by Gasteiger charge is 2.55. The predicted molar refractivity (Wildman–Crippen MR) is 58.9 cm³/mol. The van der Waals surface area contributed by atoms with E-state index in [1.807, 2.05) is 6.92 Å². The molecular formula is C11H18ClNO2. The lowest BCUT2D eigenvalue weighted by Gasteiger charge is -2.23. The molecule has 0 aromatic carbocycles. The van der Waals surface area contributed by atoms with E-state index in [4.69, 9.17) is 16.3 Å². The summed E-state index contributed by atoms with van der Waals surface area (Å²) < 4.78 is 5.33. The number of carbonyl (C=O) groups excluding carboxylic acids is 1. The molecule has 0 bridgehead atoms. The van der Waals surface area contributed by atoms with Gasteiger partial charge in [-0.05, 0) is 24.7 Å². The molecule has 1 spiro atoms. The van der Waals surface area contributed by atoms with Crippen LogP contribution in [0.25, 0.3) is 0 Å². The van der Waals surface area contributed by atoms with Gasteiger partial charge in [-0.1, -0.05) is 6.92 Å². The minimum Gasteiger partial charge on any atom is -0.381 e. The lowest BCUT2D eigenvalue weighted by Crippen LogP contribution is -2.36. The largest absolute Gasteiger partial charge is 0.381 e. The Morgan fingerprint density at radius 2 is 2.27 bits per heavy atom. The lowest BCUT2D eigenvalue weighted by atomic mass is 9.96. The molecule has 3 nitrogen and oxygen atoms in total. The second-order valence-corrected chi connectivity index (χ2v) is 5.10. The average Bonchev–Trinajstić information content (AvgIpc) is 2.90. The van der Waals surface area contributed by atoms with Crippen LogP contribution < -0.4 is 5.32 Å². The average molecular weight is 232 g/mol. The number of hydrogen-bond donors (Lipinski definition) is 1. The number of halogens is 1. The Balaban J connectivity index is 1.80. The van der Waals surface area contributed by atoms with Gasteiger partial charge in [-0.2, -0.15) is 0 Å². The molecule has 1 heterocycles. The van der Waals surface area contributed by atoms with Crippen LogP contribution in [0.15, 0.2) is 0 Å². The maximum atomic E-state index is 11.6. The number of alkyl halides is 1. The molecule has 1 amide bonds. The molecule has 2 unspecified atom stereocenters. The lowest BCUT2D eigenvalue weighted by molar-refractivity contribution is -0.124. The van der Waals surface area contributed by atoms with Crippen LogP contribution in [0.4, 0.5) is 0 Å². The molecule has 1 aliphatic carbocycles. The van der Waals surface area contributed by atoms with Crippen molar-refractivity contribution in [3.8, 4) is 0 Å². The van der Waals surface area contributed by atoms with Crippen molar-refractivity contribution in [2.24, 2.45) is 11.3 Å². The van der Waals surface area contributed by atoms with Crippen LogP contribution in [0.1, 0.15) is 26.2 Å². The van der Waals surface area contributed by atoms with Crippen LogP contribution in [-0.2, 0) is 9.53 Å². The summed E-state index contributed by atoms with van der Waals surface area (Å²) in [4.78, 5) is 11.6. The van der Waals surface area contributed by atoms with Crippen LogP contribution in [0, 0.1) is 11.3 Å². The molecule has 86 valence electrons. The zero-order valence-electron chi connectivity index (χ0n) is 9.09. The number of amides is 1. The van der Waals surface area contributed by atoms with E-state index in [0.717, 1.165) is 32.5 Å². The van der Waals surface area contributed by atoms with E-state index < -0.39 is 0 Å². The quantitative estimate of drug-likeness (QED) is 0.749. The number of rotatable bonds is 3.